The Morgan fingerprint density at radius 2 is 1.88 bits per heavy atom. The summed E-state index contributed by atoms with van der Waals surface area (Å²) >= 11 is 0. The molecule has 1 amide bonds. The highest BCUT2D eigenvalue weighted by Gasteiger charge is 2.25. The number of esters is 1. The molecule has 0 aliphatic carbocycles. The summed E-state index contributed by atoms with van der Waals surface area (Å²) in [5.74, 6) is -0.997. The van der Waals surface area contributed by atoms with E-state index in [1.54, 1.807) is 35.9 Å². The molecule has 0 bridgehead atoms. The Morgan fingerprint density at radius 3 is 2.58 bits per heavy atom. The number of benzene rings is 2. The van der Waals surface area contributed by atoms with Crippen molar-refractivity contribution in [1.29, 1.82) is 5.26 Å². The van der Waals surface area contributed by atoms with E-state index in [1.165, 1.54) is 0 Å². The van der Waals surface area contributed by atoms with Crippen molar-refractivity contribution in [3.05, 3.63) is 82.3 Å². The number of nitrogens with zero attached hydrogens (tertiary/aromatic N) is 3. The summed E-state index contributed by atoms with van der Waals surface area (Å²) in [5.41, 5.74) is 4.65. The fraction of sp³-hybridized carbons (Fsp3) is 0.200. The number of nitriles is 1. The van der Waals surface area contributed by atoms with Crippen molar-refractivity contribution in [1.82, 2.24) is 14.8 Å². The zero-order chi connectivity index (χ0) is 23.5. The number of anilines is 1. The molecule has 0 aliphatic heterocycles. The lowest BCUT2D eigenvalue weighted by atomic mass is 10.1. The first-order chi connectivity index (χ1) is 15.9. The molecule has 0 radical (unpaired) electrons. The van der Waals surface area contributed by atoms with Gasteiger partial charge in [-0.15, -0.1) is 0 Å². The number of aromatic nitrogens is 3. The molecule has 0 spiro atoms. The number of aryl methyl sites for hydroxylation is 1. The van der Waals surface area contributed by atoms with Gasteiger partial charge in [-0.25, -0.2) is 4.79 Å². The highest BCUT2D eigenvalue weighted by Crippen LogP contribution is 2.27. The van der Waals surface area contributed by atoms with Crippen LogP contribution >= 0.6 is 0 Å². The first-order valence-electron chi connectivity index (χ1n) is 10.5. The van der Waals surface area contributed by atoms with Crippen molar-refractivity contribution in [2.24, 2.45) is 0 Å². The monoisotopic (exact) mass is 441 g/mol. The van der Waals surface area contributed by atoms with Gasteiger partial charge in [0.05, 0.1) is 47.4 Å². The zero-order valence-corrected chi connectivity index (χ0v) is 18.6. The molecule has 8 nitrogen and oxygen atoms in total. The van der Waals surface area contributed by atoms with Crippen molar-refractivity contribution >= 4 is 28.5 Å². The van der Waals surface area contributed by atoms with Crippen LogP contribution in [0.2, 0.25) is 0 Å². The molecule has 2 heterocycles. The smallest absolute Gasteiger partial charge is 0.355 e. The number of carbonyl (C=O) groups excluding carboxylic acids is 2. The highest BCUT2D eigenvalue weighted by molar-refractivity contribution is 6.18. The molecule has 2 aromatic heterocycles. The number of H-pyrrole nitrogens is 1. The second-order valence-corrected chi connectivity index (χ2v) is 7.61. The third-order valence-corrected chi connectivity index (χ3v) is 5.45. The van der Waals surface area contributed by atoms with Gasteiger partial charge in [0.2, 0.25) is 0 Å². The summed E-state index contributed by atoms with van der Waals surface area (Å²) < 4.78 is 6.95. The van der Waals surface area contributed by atoms with Crippen molar-refractivity contribution in [3.8, 4) is 6.07 Å². The van der Waals surface area contributed by atoms with E-state index in [9.17, 15) is 9.59 Å². The van der Waals surface area contributed by atoms with E-state index in [1.807, 2.05) is 38.1 Å². The predicted octanol–water partition coefficient (Wildman–Crippen LogP) is 4.33. The number of fused-ring (bicyclic) bond motifs is 1. The lowest BCUT2D eigenvalue weighted by molar-refractivity contribution is 0.0517. The summed E-state index contributed by atoms with van der Waals surface area (Å²) in [6, 6.07) is 16.6. The Bertz CT molecular complexity index is 1390. The van der Waals surface area contributed by atoms with E-state index in [0.717, 1.165) is 11.3 Å². The van der Waals surface area contributed by atoms with Gasteiger partial charge in [-0.1, -0.05) is 30.3 Å². The molecule has 2 N–H and O–H groups in total. The molecule has 166 valence electrons. The standard InChI is InChI=1S/C25H23N5O3/c1-4-33-25(32)23-21(19-7-5-6-8-20(19)27-23)24(31)28-22-15(2)29-30(16(22)3)14-18-11-9-17(13-26)10-12-18/h5-12,27H,4,14H2,1-3H3,(H,28,31). The summed E-state index contributed by atoms with van der Waals surface area (Å²) in [7, 11) is 0. The molecule has 0 saturated heterocycles. The molecular formula is C25H23N5O3. The minimum atomic E-state index is -0.580. The Kier molecular flexibility index (Phi) is 5.96. The lowest BCUT2D eigenvalue weighted by Gasteiger charge is -2.09. The maximum atomic E-state index is 13.4. The van der Waals surface area contributed by atoms with E-state index >= 15 is 0 Å². The summed E-state index contributed by atoms with van der Waals surface area (Å²) in [6.07, 6.45) is 0. The van der Waals surface area contributed by atoms with Crippen LogP contribution in [-0.2, 0) is 11.3 Å². The normalized spacial score (nSPS) is 10.7. The van der Waals surface area contributed by atoms with Crippen LogP contribution in [0.1, 0.15) is 50.3 Å². The van der Waals surface area contributed by atoms with Crippen LogP contribution in [0.25, 0.3) is 10.9 Å². The quantitative estimate of drug-likeness (QED) is 0.433. The minimum absolute atomic E-state index is 0.121. The molecule has 0 aliphatic rings. The lowest BCUT2D eigenvalue weighted by Crippen LogP contribution is -2.18. The fourth-order valence-electron chi connectivity index (χ4n) is 3.80. The maximum Gasteiger partial charge on any atom is 0.355 e. The van der Waals surface area contributed by atoms with Crippen LogP contribution < -0.4 is 5.32 Å². The topological polar surface area (TPSA) is 113 Å². The van der Waals surface area contributed by atoms with Gasteiger partial charge in [0.1, 0.15) is 5.69 Å². The fourth-order valence-corrected chi connectivity index (χ4v) is 3.80. The molecule has 33 heavy (non-hydrogen) atoms. The largest absolute Gasteiger partial charge is 0.461 e. The third kappa shape index (κ3) is 4.21. The predicted molar refractivity (Wildman–Crippen MR) is 124 cm³/mol. The average molecular weight is 441 g/mol. The highest BCUT2D eigenvalue weighted by atomic mass is 16.5. The Labute approximate surface area is 190 Å². The molecule has 0 unspecified atom stereocenters. The number of para-hydroxylation sites is 1. The third-order valence-electron chi connectivity index (χ3n) is 5.45. The maximum absolute atomic E-state index is 13.4. The first kappa shape index (κ1) is 21.8. The molecular weight excluding hydrogens is 418 g/mol. The van der Waals surface area contributed by atoms with Crippen LogP contribution in [0.3, 0.4) is 0 Å². The van der Waals surface area contributed by atoms with Gasteiger partial charge in [-0.05, 0) is 44.5 Å². The molecule has 8 heteroatoms. The second-order valence-electron chi connectivity index (χ2n) is 7.61. The van der Waals surface area contributed by atoms with Gasteiger partial charge in [0, 0.05) is 10.9 Å². The second kappa shape index (κ2) is 9.01. The first-order valence-corrected chi connectivity index (χ1v) is 10.5. The van der Waals surface area contributed by atoms with E-state index in [0.29, 0.717) is 34.4 Å². The summed E-state index contributed by atoms with van der Waals surface area (Å²) in [5, 5.41) is 17.1. The van der Waals surface area contributed by atoms with Gasteiger partial charge < -0.3 is 15.0 Å². The van der Waals surface area contributed by atoms with Crippen LogP contribution in [0.5, 0.6) is 0 Å². The van der Waals surface area contributed by atoms with Crippen molar-refractivity contribution in [3.63, 3.8) is 0 Å². The van der Waals surface area contributed by atoms with Crippen molar-refractivity contribution in [2.75, 3.05) is 11.9 Å². The molecule has 0 fully saturated rings. The summed E-state index contributed by atoms with van der Waals surface area (Å²) in [4.78, 5) is 28.9. The molecule has 2 aromatic carbocycles. The average Bonchev–Trinajstić information content (AvgIpc) is 3.33. The molecule has 0 atom stereocenters. The number of hydrogen-bond acceptors (Lipinski definition) is 5. The number of rotatable bonds is 6. The number of hydrogen-bond donors (Lipinski definition) is 2. The van der Waals surface area contributed by atoms with Gasteiger partial charge in [0.15, 0.2) is 0 Å². The van der Waals surface area contributed by atoms with Crippen LogP contribution in [0.4, 0.5) is 5.69 Å². The van der Waals surface area contributed by atoms with Gasteiger partial charge in [-0.3, -0.25) is 9.48 Å². The number of nitrogens with one attached hydrogen (secondary N) is 2. The van der Waals surface area contributed by atoms with Gasteiger partial charge >= 0.3 is 5.97 Å². The van der Waals surface area contributed by atoms with Crippen molar-refractivity contribution in [2.45, 2.75) is 27.3 Å². The van der Waals surface area contributed by atoms with E-state index in [4.69, 9.17) is 10.00 Å². The Hall–Kier alpha value is -4.38. The number of amides is 1. The van der Waals surface area contributed by atoms with E-state index < -0.39 is 11.9 Å². The number of aromatic amines is 1. The van der Waals surface area contributed by atoms with Crippen LogP contribution in [0, 0.1) is 25.2 Å². The van der Waals surface area contributed by atoms with Crippen molar-refractivity contribution < 1.29 is 14.3 Å². The van der Waals surface area contributed by atoms with Crippen LogP contribution in [-0.4, -0.2) is 33.2 Å². The Balaban J connectivity index is 1.65. The Morgan fingerprint density at radius 1 is 1.15 bits per heavy atom. The zero-order valence-electron chi connectivity index (χ0n) is 18.6. The molecule has 0 saturated carbocycles. The van der Waals surface area contributed by atoms with E-state index in [-0.39, 0.29) is 17.9 Å². The molecule has 4 rings (SSSR count). The molecule has 4 aromatic rings. The van der Waals surface area contributed by atoms with E-state index in [2.05, 4.69) is 21.5 Å². The van der Waals surface area contributed by atoms with Crippen LogP contribution in [0.15, 0.2) is 48.5 Å². The number of carbonyl (C=O) groups is 2. The minimum Gasteiger partial charge on any atom is -0.461 e. The number of ether oxygens (including phenoxy) is 1. The van der Waals surface area contributed by atoms with Gasteiger partial charge in [0.25, 0.3) is 5.91 Å². The SMILES string of the molecule is CCOC(=O)c1[nH]c2ccccc2c1C(=O)Nc1c(C)nn(Cc2ccc(C#N)cc2)c1C. The van der Waals surface area contributed by atoms with Gasteiger partial charge in [-0.2, -0.15) is 10.4 Å². The summed E-state index contributed by atoms with van der Waals surface area (Å²) in [6.45, 7) is 6.11.